The minimum Gasteiger partial charge on any atom is -0.508 e. The number of hydrogen-bond donors (Lipinski definition) is 2. The van der Waals surface area contributed by atoms with Crippen LogP contribution in [0.2, 0.25) is 0 Å². The Bertz CT molecular complexity index is 608. The molecule has 0 saturated heterocycles. The Labute approximate surface area is 125 Å². The van der Waals surface area contributed by atoms with Gasteiger partial charge in [0.15, 0.2) is 5.78 Å². The molecule has 0 unspecified atom stereocenters. The van der Waals surface area contributed by atoms with E-state index in [2.05, 4.69) is 13.0 Å². The van der Waals surface area contributed by atoms with E-state index in [0.717, 1.165) is 25.7 Å². The minimum atomic E-state index is -0.760. The molecule has 2 fully saturated rings. The minimum absolute atomic E-state index is 0.0413. The summed E-state index contributed by atoms with van der Waals surface area (Å²) in [4.78, 5) is 12.0. The molecule has 0 amide bonds. The van der Waals surface area contributed by atoms with E-state index in [9.17, 15) is 15.0 Å². The molecular weight excluding hydrogens is 264 g/mol. The molecule has 1 aromatic carbocycles. The number of ketones is 1. The quantitative estimate of drug-likeness (QED) is 0.771. The monoisotopic (exact) mass is 286 g/mol. The predicted molar refractivity (Wildman–Crippen MR) is 79.1 cm³/mol. The molecule has 1 aromatic rings. The average molecular weight is 286 g/mol. The highest BCUT2D eigenvalue weighted by atomic mass is 16.3. The Kier molecular flexibility index (Phi) is 2.74. The maximum Gasteiger partial charge on any atom is 0.162 e. The van der Waals surface area contributed by atoms with Crippen molar-refractivity contribution in [1.82, 2.24) is 0 Å². The third-order valence-corrected chi connectivity index (χ3v) is 6.50. The summed E-state index contributed by atoms with van der Waals surface area (Å²) in [7, 11) is 0. The first-order valence-corrected chi connectivity index (χ1v) is 8.03. The molecule has 21 heavy (non-hydrogen) atoms. The second kappa shape index (κ2) is 4.33. The molecule has 0 radical (unpaired) electrons. The Morgan fingerprint density at radius 3 is 2.90 bits per heavy atom. The number of phenolic OH excluding ortho intramolecular Hbond substituents is 1. The van der Waals surface area contributed by atoms with Gasteiger partial charge in [0, 0.05) is 11.8 Å². The summed E-state index contributed by atoms with van der Waals surface area (Å²) in [5, 5.41) is 20.0. The van der Waals surface area contributed by atoms with Gasteiger partial charge < -0.3 is 10.2 Å². The number of fused-ring (bicyclic) bond motifs is 5. The van der Waals surface area contributed by atoms with E-state index in [1.54, 1.807) is 6.07 Å². The highest BCUT2D eigenvalue weighted by molar-refractivity contribution is 5.86. The fourth-order valence-corrected chi connectivity index (χ4v) is 5.34. The molecule has 3 nitrogen and oxygen atoms in total. The van der Waals surface area contributed by atoms with E-state index in [0.29, 0.717) is 29.9 Å². The largest absolute Gasteiger partial charge is 0.508 e. The Hall–Kier alpha value is -1.35. The number of Topliss-reactive ketones (excluding diaryl/α,β-unsaturated/α-hetero) is 1. The molecule has 3 aliphatic carbocycles. The van der Waals surface area contributed by atoms with Crippen molar-refractivity contribution in [3.8, 4) is 5.75 Å². The topological polar surface area (TPSA) is 57.5 Å². The Morgan fingerprint density at radius 1 is 1.29 bits per heavy atom. The standard InChI is InChI=1S/C18H22O3/c1-18-7-6-13-12-5-3-11(19)8-10(12)2-4-14(13)15(18)9-16(20)17(18)21/h3,5,8,13-15,17,19,21H,2,4,6-7,9H2,1H3/t13-,14-,15+,17+,18+/m1/s1. The molecule has 0 bridgehead atoms. The lowest BCUT2D eigenvalue weighted by atomic mass is 9.55. The second-order valence-electron chi connectivity index (χ2n) is 7.42. The van der Waals surface area contributed by atoms with E-state index in [1.807, 2.05) is 6.07 Å². The second-order valence-corrected chi connectivity index (χ2v) is 7.42. The molecule has 0 aliphatic heterocycles. The highest BCUT2D eigenvalue weighted by Crippen LogP contribution is 2.60. The molecule has 112 valence electrons. The van der Waals surface area contributed by atoms with Gasteiger partial charge in [-0.2, -0.15) is 0 Å². The molecule has 2 saturated carbocycles. The van der Waals surface area contributed by atoms with Crippen LogP contribution < -0.4 is 0 Å². The van der Waals surface area contributed by atoms with Crippen LogP contribution in [0.5, 0.6) is 5.75 Å². The van der Waals surface area contributed by atoms with Crippen LogP contribution in [0.15, 0.2) is 18.2 Å². The van der Waals surface area contributed by atoms with E-state index in [-0.39, 0.29) is 11.2 Å². The zero-order chi connectivity index (χ0) is 14.8. The third kappa shape index (κ3) is 1.73. The van der Waals surface area contributed by atoms with Crippen LogP contribution in [0.4, 0.5) is 0 Å². The van der Waals surface area contributed by atoms with Crippen molar-refractivity contribution in [3.05, 3.63) is 29.3 Å². The summed E-state index contributed by atoms with van der Waals surface area (Å²) in [5.74, 6) is 1.70. The van der Waals surface area contributed by atoms with Crippen molar-refractivity contribution in [2.75, 3.05) is 0 Å². The summed E-state index contributed by atoms with van der Waals surface area (Å²) in [6.07, 6.45) is 3.80. The fraction of sp³-hybridized carbons (Fsp3) is 0.611. The SMILES string of the molecule is C[C@]12CC[C@@H]3c4ccc(O)cc4CC[C@H]3[C@@H]1CC(=O)[C@@H]2O. The van der Waals surface area contributed by atoms with Crippen LogP contribution >= 0.6 is 0 Å². The van der Waals surface area contributed by atoms with Gasteiger partial charge in [0.1, 0.15) is 11.9 Å². The zero-order valence-electron chi connectivity index (χ0n) is 12.4. The lowest BCUT2D eigenvalue weighted by molar-refractivity contribution is -0.128. The van der Waals surface area contributed by atoms with Crippen LogP contribution in [0.25, 0.3) is 0 Å². The number of carbonyl (C=O) groups excluding carboxylic acids is 1. The van der Waals surface area contributed by atoms with Gasteiger partial charge in [-0.3, -0.25) is 4.79 Å². The van der Waals surface area contributed by atoms with Crippen LogP contribution in [0, 0.1) is 17.3 Å². The van der Waals surface area contributed by atoms with E-state index >= 15 is 0 Å². The first kappa shape index (κ1) is 13.3. The normalized spacial score (nSPS) is 41.3. The predicted octanol–water partition coefficient (Wildman–Crippen LogP) is 2.79. The van der Waals surface area contributed by atoms with E-state index in [1.165, 1.54) is 11.1 Å². The average Bonchev–Trinajstić information content (AvgIpc) is 2.70. The first-order chi connectivity index (χ1) is 10.0. The van der Waals surface area contributed by atoms with Gasteiger partial charge in [-0.15, -0.1) is 0 Å². The van der Waals surface area contributed by atoms with Crippen molar-refractivity contribution < 1.29 is 15.0 Å². The maximum atomic E-state index is 12.0. The number of benzene rings is 1. The number of aryl methyl sites for hydroxylation is 1. The number of aromatic hydroxyl groups is 1. The van der Waals surface area contributed by atoms with Gasteiger partial charge in [-0.05, 0) is 66.7 Å². The molecule has 5 atom stereocenters. The number of carbonyl (C=O) groups is 1. The smallest absolute Gasteiger partial charge is 0.162 e. The summed E-state index contributed by atoms with van der Waals surface area (Å²) >= 11 is 0. The Morgan fingerprint density at radius 2 is 2.10 bits per heavy atom. The number of rotatable bonds is 0. The van der Waals surface area contributed by atoms with E-state index < -0.39 is 6.10 Å². The van der Waals surface area contributed by atoms with Crippen LogP contribution in [0.3, 0.4) is 0 Å². The maximum absolute atomic E-state index is 12.0. The van der Waals surface area contributed by atoms with Crippen molar-refractivity contribution >= 4 is 5.78 Å². The molecular formula is C18H22O3. The first-order valence-electron chi connectivity index (χ1n) is 8.03. The van der Waals surface area contributed by atoms with Crippen molar-refractivity contribution in [1.29, 1.82) is 0 Å². The third-order valence-electron chi connectivity index (χ3n) is 6.50. The Balaban J connectivity index is 1.73. The summed E-state index contributed by atoms with van der Waals surface area (Å²) in [5.41, 5.74) is 2.41. The molecule has 0 spiro atoms. The molecule has 4 rings (SSSR count). The lowest BCUT2D eigenvalue weighted by Crippen LogP contribution is -2.44. The number of aliphatic hydroxyl groups is 1. The zero-order valence-corrected chi connectivity index (χ0v) is 12.4. The van der Waals surface area contributed by atoms with E-state index in [4.69, 9.17) is 0 Å². The fourth-order valence-electron chi connectivity index (χ4n) is 5.34. The molecule has 0 heterocycles. The number of hydrogen-bond acceptors (Lipinski definition) is 3. The summed E-state index contributed by atoms with van der Waals surface area (Å²) in [6.45, 7) is 2.11. The van der Waals surface area contributed by atoms with Crippen molar-refractivity contribution in [3.63, 3.8) is 0 Å². The number of aliphatic hydroxyl groups excluding tert-OH is 1. The van der Waals surface area contributed by atoms with Gasteiger partial charge in [-0.1, -0.05) is 13.0 Å². The molecule has 3 aliphatic rings. The van der Waals surface area contributed by atoms with Crippen LogP contribution in [0.1, 0.15) is 49.7 Å². The number of phenols is 1. The van der Waals surface area contributed by atoms with Gasteiger partial charge in [0.05, 0.1) is 0 Å². The molecule has 3 heteroatoms. The lowest BCUT2D eigenvalue weighted by Gasteiger charge is -2.49. The molecule has 0 aromatic heterocycles. The van der Waals surface area contributed by atoms with Crippen molar-refractivity contribution in [2.45, 2.75) is 51.0 Å². The van der Waals surface area contributed by atoms with Gasteiger partial charge in [0.2, 0.25) is 0 Å². The van der Waals surface area contributed by atoms with Crippen molar-refractivity contribution in [2.24, 2.45) is 17.3 Å². The van der Waals surface area contributed by atoms with Gasteiger partial charge in [0.25, 0.3) is 0 Å². The van der Waals surface area contributed by atoms with Crippen LogP contribution in [-0.4, -0.2) is 22.1 Å². The van der Waals surface area contributed by atoms with Crippen LogP contribution in [-0.2, 0) is 11.2 Å². The van der Waals surface area contributed by atoms with Gasteiger partial charge >= 0.3 is 0 Å². The summed E-state index contributed by atoms with van der Waals surface area (Å²) < 4.78 is 0. The highest BCUT2D eigenvalue weighted by Gasteiger charge is 2.57. The van der Waals surface area contributed by atoms with Gasteiger partial charge in [-0.25, -0.2) is 0 Å². The summed E-state index contributed by atoms with van der Waals surface area (Å²) in [6, 6.07) is 5.75. The molecule has 2 N–H and O–H groups in total.